The number of amides is 2. The van der Waals surface area contributed by atoms with E-state index in [0.717, 1.165) is 0 Å². The summed E-state index contributed by atoms with van der Waals surface area (Å²) in [6.45, 7) is 4.30. The van der Waals surface area contributed by atoms with Crippen LogP contribution in [0, 0.1) is 10.1 Å². The number of benzene rings is 1. The summed E-state index contributed by atoms with van der Waals surface area (Å²) in [4.78, 5) is 39.1. The van der Waals surface area contributed by atoms with Crippen molar-refractivity contribution >= 4 is 23.1 Å². The molecule has 1 saturated heterocycles. The number of hydrogen-bond acceptors (Lipinski definition) is 6. The zero-order chi connectivity index (χ0) is 18.0. The predicted octanol–water partition coefficient (Wildman–Crippen LogP) is 1.42. The van der Waals surface area contributed by atoms with Crippen LogP contribution in [0.25, 0.3) is 5.57 Å². The molecule has 0 spiro atoms. The summed E-state index contributed by atoms with van der Waals surface area (Å²) in [5, 5.41) is 10.8. The Labute approximate surface area is 144 Å². The number of carbonyl (C=O) groups is 2. The van der Waals surface area contributed by atoms with E-state index in [1.165, 1.54) is 29.2 Å². The van der Waals surface area contributed by atoms with E-state index in [1.807, 2.05) is 11.8 Å². The highest BCUT2D eigenvalue weighted by Crippen LogP contribution is 2.32. The molecule has 1 aromatic rings. The number of morpholine rings is 1. The van der Waals surface area contributed by atoms with Gasteiger partial charge in [-0.25, -0.2) is 0 Å². The van der Waals surface area contributed by atoms with Gasteiger partial charge in [0.25, 0.3) is 17.5 Å². The molecule has 25 heavy (non-hydrogen) atoms. The van der Waals surface area contributed by atoms with Crippen molar-refractivity contribution in [1.29, 1.82) is 0 Å². The second-order valence-electron chi connectivity index (χ2n) is 5.89. The summed E-state index contributed by atoms with van der Waals surface area (Å²) in [6.07, 6.45) is 0.668. The molecular formula is C17H19N3O5. The average molecular weight is 345 g/mol. The predicted molar refractivity (Wildman–Crippen MR) is 89.4 cm³/mol. The van der Waals surface area contributed by atoms with Crippen LogP contribution in [0.3, 0.4) is 0 Å². The molecule has 132 valence electrons. The van der Waals surface area contributed by atoms with E-state index in [9.17, 15) is 19.7 Å². The van der Waals surface area contributed by atoms with E-state index in [4.69, 9.17) is 4.74 Å². The van der Waals surface area contributed by atoms with Crippen molar-refractivity contribution in [2.45, 2.75) is 13.3 Å². The molecule has 2 amide bonds. The standard InChI is InChI=1S/C17H19N3O5/c1-2-7-19-16(21)14(12-3-5-13(6-4-12)20(23)24)15(17(19)22)18-8-10-25-11-9-18/h3-6H,2,7-11H2,1H3. The zero-order valence-corrected chi connectivity index (χ0v) is 13.9. The van der Waals surface area contributed by atoms with E-state index in [2.05, 4.69) is 0 Å². The summed E-state index contributed by atoms with van der Waals surface area (Å²) in [5.74, 6) is -0.649. The third-order valence-electron chi connectivity index (χ3n) is 4.28. The van der Waals surface area contributed by atoms with Gasteiger partial charge in [-0.2, -0.15) is 0 Å². The third kappa shape index (κ3) is 3.12. The van der Waals surface area contributed by atoms with E-state index in [1.54, 1.807) is 0 Å². The van der Waals surface area contributed by atoms with Gasteiger partial charge in [0.05, 0.1) is 23.7 Å². The maximum Gasteiger partial charge on any atom is 0.277 e. The second-order valence-corrected chi connectivity index (χ2v) is 5.89. The quantitative estimate of drug-likeness (QED) is 0.455. The van der Waals surface area contributed by atoms with Crippen molar-refractivity contribution in [3.05, 3.63) is 45.6 Å². The number of ether oxygens (including phenoxy) is 1. The van der Waals surface area contributed by atoms with Crippen LogP contribution in [-0.4, -0.2) is 59.4 Å². The van der Waals surface area contributed by atoms with E-state index >= 15 is 0 Å². The molecule has 0 atom stereocenters. The van der Waals surface area contributed by atoms with Gasteiger partial charge in [-0.1, -0.05) is 6.92 Å². The summed E-state index contributed by atoms with van der Waals surface area (Å²) in [7, 11) is 0. The lowest BCUT2D eigenvalue weighted by molar-refractivity contribution is -0.384. The van der Waals surface area contributed by atoms with Crippen LogP contribution in [0.4, 0.5) is 5.69 Å². The molecule has 2 aliphatic rings. The minimum Gasteiger partial charge on any atom is -0.378 e. The topological polar surface area (TPSA) is 93.0 Å². The van der Waals surface area contributed by atoms with Crippen molar-refractivity contribution < 1.29 is 19.2 Å². The van der Waals surface area contributed by atoms with Gasteiger partial charge in [0.1, 0.15) is 5.70 Å². The second kappa shape index (κ2) is 7.02. The molecule has 1 aromatic carbocycles. The van der Waals surface area contributed by atoms with Gasteiger partial charge in [-0.05, 0) is 24.1 Å². The molecule has 2 heterocycles. The van der Waals surface area contributed by atoms with Crippen LogP contribution < -0.4 is 0 Å². The van der Waals surface area contributed by atoms with Crippen LogP contribution in [0.15, 0.2) is 30.0 Å². The number of nitro groups is 1. The van der Waals surface area contributed by atoms with Crippen molar-refractivity contribution in [3.8, 4) is 0 Å². The lowest BCUT2D eigenvalue weighted by Crippen LogP contribution is -2.40. The highest BCUT2D eigenvalue weighted by Gasteiger charge is 2.41. The Morgan fingerprint density at radius 1 is 1.12 bits per heavy atom. The maximum atomic E-state index is 12.8. The van der Waals surface area contributed by atoms with Crippen molar-refractivity contribution in [3.63, 3.8) is 0 Å². The van der Waals surface area contributed by atoms with E-state index in [-0.39, 0.29) is 17.5 Å². The first kappa shape index (κ1) is 17.1. The Morgan fingerprint density at radius 3 is 2.32 bits per heavy atom. The first-order valence-electron chi connectivity index (χ1n) is 8.22. The van der Waals surface area contributed by atoms with Gasteiger partial charge in [0, 0.05) is 31.8 Å². The Bertz CT molecular complexity index is 735. The fourth-order valence-electron chi connectivity index (χ4n) is 3.08. The first-order chi connectivity index (χ1) is 12.0. The molecule has 0 unspecified atom stereocenters. The smallest absolute Gasteiger partial charge is 0.277 e. The maximum absolute atomic E-state index is 12.8. The van der Waals surface area contributed by atoms with Crippen LogP contribution in [0.1, 0.15) is 18.9 Å². The van der Waals surface area contributed by atoms with Crippen molar-refractivity contribution in [1.82, 2.24) is 9.80 Å². The summed E-state index contributed by atoms with van der Waals surface area (Å²) >= 11 is 0. The highest BCUT2D eigenvalue weighted by atomic mass is 16.6. The van der Waals surface area contributed by atoms with Crippen LogP contribution >= 0.6 is 0 Å². The van der Waals surface area contributed by atoms with Crippen LogP contribution in [-0.2, 0) is 14.3 Å². The number of carbonyl (C=O) groups excluding carboxylic acids is 2. The first-order valence-corrected chi connectivity index (χ1v) is 8.22. The molecule has 3 rings (SSSR count). The lowest BCUT2D eigenvalue weighted by Gasteiger charge is -2.29. The number of hydrogen-bond donors (Lipinski definition) is 0. The van der Waals surface area contributed by atoms with E-state index < -0.39 is 4.92 Å². The molecule has 0 N–H and O–H groups in total. The number of nitro benzene ring substituents is 1. The molecule has 2 aliphatic heterocycles. The van der Waals surface area contributed by atoms with E-state index in [0.29, 0.717) is 56.1 Å². The van der Waals surface area contributed by atoms with Gasteiger partial charge in [-0.3, -0.25) is 24.6 Å². The third-order valence-corrected chi connectivity index (χ3v) is 4.28. The molecule has 1 fully saturated rings. The number of nitrogens with zero attached hydrogens (tertiary/aromatic N) is 3. The molecule has 0 radical (unpaired) electrons. The van der Waals surface area contributed by atoms with Gasteiger partial charge < -0.3 is 9.64 Å². The van der Waals surface area contributed by atoms with Gasteiger partial charge in [0.2, 0.25) is 0 Å². The summed E-state index contributed by atoms with van der Waals surface area (Å²) in [5.41, 5.74) is 1.15. The monoisotopic (exact) mass is 345 g/mol. The number of rotatable bonds is 5. The Hall–Kier alpha value is -2.74. The fraction of sp³-hybridized carbons (Fsp3) is 0.412. The Morgan fingerprint density at radius 2 is 1.76 bits per heavy atom. The van der Waals surface area contributed by atoms with Crippen molar-refractivity contribution in [2.24, 2.45) is 0 Å². The normalized spacial score (nSPS) is 18.3. The molecular weight excluding hydrogens is 326 g/mol. The van der Waals surface area contributed by atoms with Crippen LogP contribution in [0.5, 0.6) is 0 Å². The Balaban J connectivity index is 2.05. The molecule has 8 heteroatoms. The summed E-state index contributed by atoms with van der Waals surface area (Å²) < 4.78 is 5.33. The molecule has 0 bridgehead atoms. The summed E-state index contributed by atoms with van der Waals surface area (Å²) in [6, 6.07) is 5.74. The zero-order valence-electron chi connectivity index (χ0n) is 13.9. The highest BCUT2D eigenvalue weighted by molar-refractivity contribution is 6.35. The lowest BCUT2D eigenvalue weighted by atomic mass is 10.0. The fourth-order valence-corrected chi connectivity index (χ4v) is 3.08. The average Bonchev–Trinajstić information content (AvgIpc) is 2.87. The molecule has 0 aromatic heterocycles. The molecule has 0 aliphatic carbocycles. The minimum absolute atomic E-state index is 0.0561. The van der Waals surface area contributed by atoms with Gasteiger partial charge >= 0.3 is 0 Å². The van der Waals surface area contributed by atoms with Gasteiger partial charge in [0.15, 0.2) is 0 Å². The number of imide groups is 1. The SMILES string of the molecule is CCCN1C(=O)C(c2ccc([N+](=O)[O-])cc2)=C(N2CCOCC2)C1=O. The Kier molecular flexibility index (Phi) is 4.80. The number of non-ortho nitro benzene ring substituents is 1. The van der Waals surface area contributed by atoms with Gasteiger partial charge in [-0.15, -0.1) is 0 Å². The molecule has 0 saturated carbocycles. The molecule has 8 nitrogen and oxygen atoms in total. The largest absolute Gasteiger partial charge is 0.378 e. The minimum atomic E-state index is -0.494. The van der Waals surface area contributed by atoms with Crippen molar-refractivity contribution in [2.75, 3.05) is 32.8 Å². The van der Waals surface area contributed by atoms with Crippen LogP contribution in [0.2, 0.25) is 0 Å².